The van der Waals surface area contributed by atoms with E-state index >= 15 is 0 Å². The summed E-state index contributed by atoms with van der Waals surface area (Å²) in [6.45, 7) is 3.07. The number of pyridine rings is 2. The predicted molar refractivity (Wildman–Crippen MR) is 101 cm³/mol. The molecule has 0 aliphatic carbocycles. The zero-order chi connectivity index (χ0) is 21.0. The predicted octanol–water partition coefficient (Wildman–Crippen LogP) is 4.99. The largest absolute Gasteiger partial charge is 0.433 e. The Kier molecular flexibility index (Phi) is 5.90. The number of rotatable bonds is 6. The third-order valence-electron chi connectivity index (χ3n) is 3.66. The summed E-state index contributed by atoms with van der Waals surface area (Å²) in [5.74, 6) is 0.740. The highest BCUT2D eigenvalue weighted by atomic mass is 19.4. The Morgan fingerprint density at radius 1 is 1.00 bits per heavy atom. The molecule has 3 rings (SSSR count). The average molecular weight is 406 g/mol. The summed E-state index contributed by atoms with van der Waals surface area (Å²) in [7, 11) is 0. The summed E-state index contributed by atoms with van der Waals surface area (Å²) in [5, 5.41) is 6.09. The number of halogens is 4. The van der Waals surface area contributed by atoms with Gasteiger partial charge in [-0.2, -0.15) is 13.2 Å². The maximum atomic E-state index is 13.0. The Morgan fingerprint density at radius 2 is 1.76 bits per heavy atom. The molecule has 3 heterocycles. The molecule has 0 spiro atoms. The summed E-state index contributed by atoms with van der Waals surface area (Å²) in [4.78, 5) is 16.1. The first-order valence-corrected chi connectivity index (χ1v) is 8.73. The van der Waals surface area contributed by atoms with Gasteiger partial charge in [-0.1, -0.05) is 6.07 Å². The van der Waals surface area contributed by atoms with Crippen LogP contribution in [-0.4, -0.2) is 26.0 Å². The van der Waals surface area contributed by atoms with Gasteiger partial charge in [-0.3, -0.25) is 4.98 Å². The first-order chi connectivity index (χ1) is 13.7. The van der Waals surface area contributed by atoms with E-state index in [4.69, 9.17) is 0 Å². The third-order valence-corrected chi connectivity index (χ3v) is 3.66. The average Bonchev–Trinajstić information content (AvgIpc) is 2.67. The van der Waals surface area contributed by atoms with Crippen molar-refractivity contribution in [3.63, 3.8) is 0 Å². The second-order valence-corrected chi connectivity index (χ2v) is 6.46. The minimum Gasteiger partial charge on any atom is -0.368 e. The summed E-state index contributed by atoms with van der Waals surface area (Å²) >= 11 is 0. The van der Waals surface area contributed by atoms with Crippen molar-refractivity contribution >= 4 is 17.3 Å². The normalized spacial score (nSPS) is 11.6. The standard InChI is InChI=1S/C19H18F4N6/c1-11(2)25-16-9-17(26-12-6-7-24-13(8-12)10-20)29-18(28-16)14-4-3-5-15(27-14)19(21,22)23/h3-9,11H,10H2,1-2H3,(H2,24,25,26,28,29). The smallest absolute Gasteiger partial charge is 0.368 e. The zero-order valence-corrected chi connectivity index (χ0v) is 15.6. The quantitative estimate of drug-likeness (QED) is 0.562. The van der Waals surface area contributed by atoms with Crippen molar-refractivity contribution in [1.82, 2.24) is 19.9 Å². The highest BCUT2D eigenvalue weighted by molar-refractivity contribution is 5.63. The molecule has 0 aliphatic heterocycles. The summed E-state index contributed by atoms with van der Waals surface area (Å²) in [6.07, 6.45) is -3.13. The minimum absolute atomic E-state index is 0.0176. The van der Waals surface area contributed by atoms with Gasteiger partial charge >= 0.3 is 6.18 Å². The summed E-state index contributed by atoms with van der Waals surface area (Å²) in [5.41, 5.74) is -0.277. The third kappa shape index (κ3) is 5.37. The first kappa shape index (κ1) is 20.4. The van der Waals surface area contributed by atoms with E-state index in [1.165, 1.54) is 24.4 Å². The van der Waals surface area contributed by atoms with Gasteiger partial charge in [-0.05, 0) is 38.1 Å². The molecule has 6 nitrogen and oxygen atoms in total. The molecule has 29 heavy (non-hydrogen) atoms. The second-order valence-electron chi connectivity index (χ2n) is 6.46. The molecule has 2 N–H and O–H groups in total. The van der Waals surface area contributed by atoms with Crippen LogP contribution in [0.3, 0.4) is 0 Å². The van der Waals surface area contributed by atoms with Crippen LogP contribution in [0.5, 0.6) is 0 Å². The van der Waals surface area contributed by atoms with E-state index in [0.29, 0.717) is 17.3 Å². The van der Waals surface area contributed by atoms with Crippen molar-refractivity contribution in [2.75, 3.05) is 10.6 Å². The van der Waals surface area contributed by atoms with Gasteiger partial charge in [0, 0.05) is 24.0 Å². The Morgan fingerprint density at radius 3 is 2.45 bits per heavy atom. The number of hydrogen-bond donors (Lipinski definition) is 2. The number of hydrogen-bond acceptors (Lipinski definition) is 6. The molecule has 0 aliphatic rings. The molecular formula is C19H18F4N6. The second kappa shape index (κ2) is 8.38. The van der Waals surface area contributed by atoms with E-state index in [1.54, 1.807) is 12.1 Å². The van der Waals surface area contributed by atoms with E-state index in [-0.39, 0.29) is 23.3 Å². The molecule has 152 valence electrons. The highest BCUT2D eigenvalue weighted by Gasteiger charge is 2.32. The maximum Gasteiger partial charge on any atom is 0.433 e. The van der Waals surface area contributed by atoms with Crippen molar-refractivity contribution in [2.45, 2.75) is 32.7 Å². The number of alkyl halides is 4. The lowest BCUT2D eigenvalue weighted by atomic mass is 10.2. The molecular weight excluding hydrogens is 388 g/mol. The Hall–Kier alpha value is -3.30. The van der Waals surface area contributed by atoms with Crippen molar-refractivity contribution < 1.29 is 17.6 Å². The summed E-state index contributed by atoms with van der Waals surface area (Å²) < 4.78 is 51.9. The lowest BCUT2D eigenvalue weighted by Gasteiger charge is -2.14. The van der Waals surface area contributed by atoms with Gasteiger partial charge in [0.2, 0.25) is 0 Å². The highest BCUT2D eigenvalue weighted by Crippen LogP contribution is 2.29. The Bertz CT molecular complexity index is 990. The van der Waals surface area contributed by atoms with Crippen LogP contribution in [0.4, 0.5) is 34.9 Å². The van der Waals surface area contributed by atoms with Gasteiger partial charge in [-0.15, -0.1) is 0 Å². The van der Waals surface area contributed by atoms with Gasteiger partial charge in [-0.25, -0.2) is 19.3 Å². The lowest BCUT2D eigenvalue weighted by Crippen LogP contribution is -2.13. The monoisotopic (exact) mass is 406 g/mol. The number of nitrogens with zero attached hydrogens (tertiary/aromatic N) is 4. The van der Waals surface area contributed by atoms with Crippen LogP contribution >= 0.6 is 0 Å². The Labute approximate surface area is 164 Å². The fraction of sp³-hybridized carbons (Fsp3) is 0.263. The molecule has 0 radical (unpaired) electrons. The van der Waals surface area contributed by atoms with Gasteiger partial charge in [0.15, 0.2) is 5.82 Å². The van der Waals surface area contributed by atoms with E-state index < -0.39 is 18.5 Å². The number of aromatic nitrogens is 4. The molecule has 0 bridgehead atoms. The van der Waals surface area contributed by atoms with Crippen LogP contribution in [0, 0.1) is 0 Å². The van der Waals surface area contributed by atoms with E-state index in [0.717, 1.165) is 6.07 Å². The summed E-state index contributed by atoms with van der Waals surface area (Å²) in [6, 6.07) is 8.31. The molecule has 0 unspecified atom stereocenters. The molecule has 10 heteroatoms. The SMILES string of the molecule is CC(C)Nc1cc(Nc2ccnc(CF)c2)nc(-c2cccc(C(F)(F)F)n2)n1. The zero-order valence-electron chi connectivity index (χ0n) is 15.6. The first-order valence-electron chi connectivity index (χ1n) is 8.73. The van der Waals surface area contributed by atoms with Crippen LogP contribution in [-0.2, 0) is 12.9 Å². The Balaban J connectivity index is 2.02. The molecule has 0 saturated heterocycles. The molecule has 0 atom stereocenters. The van der Waals surface area contributed by atoms with E-state index in [2.05, 4.69) is 30.6 Å². The van der Waals surface area contributed by atoms with Crippen LogP contribution < -0.4 is 10.6 Å². The molecule has 0 saturated carbocycles. The van der Waals surface area contributed by atoms with Crippen molar-refractivity contribution in [3.8, 4) is 11.5 Å². The molecule has 0 aromatic carbocycles. The molecule has 3 aromatic rings. The van der Waals surface area contributed by atoms with Crippen LogP contribution in [0.2, 0.25) is 0 Å². The van der Waals surface area contributed by atoms with Gasteiger partial charge in [0.05, 0.1) is 5.69 Å². The molecule has 3 aromatic heterocycles. The van der Waals surface area contributed by atoms with Crippen molar-refractivity contribution in [1.29, 1.82) is 0 Å². The van der Waals surface area contributed by atoms with Crippen LogP contribution in [0.15, 0.2) is 42.6 Å². The fourth-order valence-electron chi connectivity index (χ4n) is 2.49. The van der Waals surface area contributed by atoms with Gasteiger partial charge < -0.3 is 10.6 Å². The van der Waals surface area contributed by atoms with Crippen molar-refractivity contribution in [3.05, 3.63) is 54.0 Å². The minimum atomic E-state index is -4.58. The maximum absolute atomic E-state index is 13.0. The van der Waals surface area contributed by atoms with Crippen LogP contribution in [0.25, 0.3) is 11.5 Å². The van der Waals surface area contributed by atoms with Gasteiger partial charge in [0.1, 0.15) is 29.7 Å². The molecule has 0 fully saturated rings. The van der Waals surface area contributed by atoms with E-state index in [1.807, 2.05) is 13.8 Å². The fourth-order valence-corrected chi connectivity index (χ4v) is 2.49. The number of nitrogens with one attached hydrogen (secondary N) is 2. The van der Waals surface area contributed by atoms with Gasteiger partial charge in [0.25, 0.3) is 0 Å². The van der Waals surface area contributed by atoms with Crippen LogP contribution in [0.1, 0.15) is 25.2 Å². The number of anilines is 3. The lowest BCUT2D eigenvalue weighted by molar-refractivity contribution is -0.141. The topological polar surface area (TPSA) is 75.6 Å². The van der Waals surface area contributed by atoms with E-state index in [9.17, 15) is 17.6 Å². The molecule has 0 amide bonds. The van der Waals surface area contributed by atoms with Crippen molar-refractivity contribution in [2.24, 2.45) is 0 Å².